The summed E-state index contributed by atoms with van der Waals surface area (Å²) in [6.07, 6.45) is 1.95. The molecular weight excluding hydrogens is 190 g/mol. The van der Waals surface area contributed by atoms with Crippen LogP contribution in [0.4, 0.5) is 5.69 Å². The molecule has 0 bridgehead atoms. The maximum atomic E-state index is 5.66. The first-order valence-corrected chi connectivity index (χ1v) is 5.16. The van der Waals surface area contributed by atoms with Crippen molar-refractivity contribution in [3.05, 3.63) is 24.0 Å². The number of ether oxygens (including phenoxy) is 1. The summed E-state index contributed by atoms with van der Waals surface area (Å²) in [6, 6.07) is 3.70. The normalized spacial score (nSPS) is 12.9. The highest BCUT2D eigenvalue weighted by molar-refractivity contribution is 5.41. The fraction of sp³-hybridized carbons (Fsp3) is 0.545. The van der Waals surface area contributed by atoms with Crippen LogP contribution in [0.2, 0.25) is 0 Å². The van der Waals surface area contributed by atoms with Crippen molar-refractivity contribution < 1.29 is 4.74 Å². The second kappa shape index (κ2) is 5.68. The van der Waals surface area contributed by atoms with Gasteiger partial charge in [-0.25, -0.2) is 0 Å². The molecule has 0 aromatic carbocycles. The molecule has 0 amide bonds. The Bertz CT molecular complexity index is 302. The Hall–Kier alpha value is -1.13. The average Bonchev–Trinajstić information content (AvgIpc) is 2.26. The van der Waals surface area contributed by atoms with Crippen LogP contribution in [0, 0.1) is 5.92 Å². The van der Waals surface area contributed by atoms with E-state index >= 15 is 0 Å². The van der Waals surface area contributed by atoms with E-state index in [2.05, 4.69) is 31.2 Å². The Morgan fingerprint density at radius 2 is 2.20 bits per heavy atom. The second-order valence-corrected chi connectivity index (χ2v) is 3.94. The van der Waals surface area contributed by atoms with Gasteiger partial charge in [-0.1, -0.05) is 13.8 Å². The number of aromatic nitrogens is 1. The minimum atomic E-state index is 0.237. The Morgan fingerprint density at radius 3 is 2.80 bits per heavy atom. The first-order chi connectivity index (χ1) is 7.13. The van der Waals surface area contributed by atoms with Gasteiger partial charge in [0.15, 0.2) is 0 Å². The van der Waals surface area contributed by atoms with Gasteiger partial charge in [0.05, 0.1) is 24.1 Å². The van der Waals surface area contributed by atoms with Gasteiger partial charge in [-0.15, -0.1) is 0 Å². The highest BCUT2D eigenvalue weighted by atomic mass is 16.5. The molecule has 0 aliphatic carbocycles. The Kier molecular flexibility index (Phi) is 4.52. The summed E-state index contributed by atoms with van der Waals surface area (Å²) >= 11 is 0. The number of anilines is 1. The van der Waals surface area contributed by atoms with Crippen molar-refractivity contribution in [3.8, 4) is 0 Å². The highest BCUT2D eigenvalue weighted by Gasteiger charge is 2.07. The van der Waals surface area contributed by atoms with E-state index in [1.165, 1.54) is 0 Å². The summed E-state index contributed by atoms with van der Waals surface area (Å²) in [5.74, 6) is 5.82. The van der Waals surface area contributed by atoms with Crippen molar-refractivity contribution in [3.63, 3.8) is 0 Å². The molecule has 0 fully saturated rings. The zero-order valence-corrected chi connectivity index (χ0v) is 9.53. The summed E-state index contributed by atoms with van der Waals surface area (Å²) in [5, 5.41) is 0. The topological polar surface area (TPSA) is 60.2 Å². The van der Waals surface area contributed by atoms with Crippen LogP contribution in [0.25, 0.3) is 0 Å². The Balaban J connectivity index is 2.50. The predicted octanol–water partition coefficient (Wildman–Crippen LogP) is 1.93. The molecule has 1 heterocycles. The largest absolute Gasteiger partial charge is 0.372 e. The van der Waals surface area contributed by atoms with Gasteiger partial charge in [-0.3, -0.25) is 10.8 Å². The number of pyridine rings is 1. The van der Waals surface area contributed by atoms with Crippen LogP contribution in [0.5, 0.6) is 0 Å². The molecule has 1 aromatic rings. The van der Waals surface area contributed by atoms with Crippen molar-refractivity contribution in [2.45, 2.75) is 33.5 Å². The summed E-state index contributed by atoms with van der Waals surface area (Å²) < 4.78 is 5.66. The number of rotatable bonds is 5. The van der Waals surface area contributed by atoms with E-state index in [9.17, 15) is 0 Å². The van der Waals surface area contributed by atoms with Gasteiger partial charge in [0.25, 0.3) is 0 Å². The molecule has 3 N–H and O–H groups in total. The standard InChI is InChI=1S/C11H19N3O/c1-8(2)9(3)15-7-11-6-10(14-12)4-5-13-11/h4-6,8-9H,7,12H2,1-3H3,(H,13,14). The van der Waals surface area contributed by atoms with Crippen LogP contribution in [0.15, 0.2) is 18.3 Å². The van der Waals surface area contributed by atoms with Crippen LogP contribution in [0.3, 0.4) is 0 Å². The van der Waals surface area contributed by atoms with Gasteiger partial charge in [0.2, 0.25) is 0 Å². The monoisotopic (exact) mass is 209 g/mol. The molecule has 4 heteroatoms. The maximum absolute atomic E-state index is 5.66. The quantitative estimate of drug-likeness (QED) is 0.574. The summed E-state index contributed by atoms with van der Waals surface area (Å²) in [7, 11) is 0. The molecule has 0 saturated heterocycles. The van der Waals surface area contributed by atoms with Crippen molar-refractivity contribution in [1.29, 1.82) is 0 Å². The van der Waals surface area contributed by atoms with Crippen LogP contribution < -0.4 is 11.3 Å². The minimum Gasteiger partial charge on any atom is -0.372 e. The Morgan fingerprint density at radius 1 is 1.47 bits per heavy atom. The average molecular weight is 209 g/mol. The van der Waals surface area contributed by atoms with Crippen molar-refractivity contribution in [1.82, 2.24) is 4.98 Å². The van der Waals surface area contributed by atoms with Crippen molar-refractivity contribution in [2.24, 2.45) is 11.8 Å². The van der Waals surface area contributed by atoms with E-state index in [1.54, 1.807) is 6.20 Å². The molecule has 1 aromatic heterocycles. The lowest BCUT2D eigenvalue weighted by atomic mass is 10.1. The van der Waals surface area contributed by atoms with E-state index < -0.39 is 0 Å². The van der Waals surface area contributed by atoms with Gasteiger partial charge < -0.3 is 10.2 Å². The highest BCUT2D eigenvalue weighted by Crippen LogP contribution is 2.11. The fourth-order valence-electron chi connectivity index (χ4n) is 1.06. The second-order valence-electron chi connectivity index (χ2n) is 3.94. The first kappa shape index (κ1) is 11.9. The van der Waals surface area contributed by atoms with Crippen LogP contribution in [-0.4, -0.2) is 11.1 Å². The smallest absolute Gasteiger partial charge is 0.0892 e. The molecule has 0 spiro atoms. The van der Waals surface area contributed by atoms with E-state index in [4.69, 9.17) is 10.6 Å². The number of hydrazine groups is 1. The molecule has 0 radical (unpaired) electrons. The number of nitrogens with zero attached hydrogens (tertiary/aromatic N) is 1. The van der Waals surface area contributed by atoms with Gasteiger partial charge in [-0.05, 0) is 25.0 Å². The van der Waals surface area contributed by atoms with Crippen LogP contribution >= 0.6 is 0 Å². The number of nitrogens with two attached hydrogens (primary N) is 1. The summed E-state index contributed by atoms with van der Waals surface area (Å²) in [4.78, 5) is 4.20. The van der Waals surface area contributed by atoms with E-state index in [0.29, 0.717) is 12.5 Å². The van der Waals surface area contributed by atoms with E-state index in [0.717, 1.165) is 11.4 Å². The van der Waals surface area contributed by atoms with Gasteiger partial charge in [0.1, 0.15) is 0 Å². The zero-order chi connectivity index (χ0) is 11.3. The lowest BCUT2D eigenvalue weighted by molar-refractivity contribution is 0.0218. The van der Waals surface area contributed by atoms with Gasteiger partial charge in [-0.2, -0.15) is 0 Å². The molecular formula is C11H19N3O. The number of nitrogen functional groups attached to an aromatic ring is 1. The third kappa shape index (κ3) is 3.85. The minimum absolute atomic E-state index is 0.237. The van der Waals surface area contributed by atoms with Crippen LogP contribution in [0.1, 0.15) is 26.5 Å². The molecule has 0 aliphatic rings. The molecule has 1 atom stereocenters. The fourth-order valence-corrected chi connectivity index (χ4v) is 1.06. The predicted molar refractivity (Wildman–Crippen MR) is 61.1 cm³/mol. The molecule has 0 saturated carbocycles. The van der Waals surface area contributed by atoms with Crippen LogP contribution in [-0.2, 0) is 11.3 Å². The maximum Gasteiger partial charge on any atom is 0.0892 e. The third-order valence-electron chi connectivity index (χ3n) is 2.42. The summed E-state index contributed by atoms with van der Waals surface area (Å²) in [6.45, 7) is 6.86. The molecule has 1 rings (SSSR count). The van der Waals surface area contributed by atoms with Crippen molar-refractivity contribution in [2.75, 3.05) is 5.43 Å². The first-order valence-electron chi connectivity index (χ1n) is 5.16. The zero-order valence-electron chi connectivity index (χ0n) is 9.53. The molecule has 15 heavy (non-hydrogen) atoms. The van der Waals surface area contributed by atoms with Crippen molar-refractivity contribution >= 4 is 5.69 Å². The van der Waals surface area contributed by atoms with Gasteiger partial charge in [0, 0.05) is 6.20 Å². The number of hydrogen-bond donors (Lipinski definition) is 2. The third-order valence-corrected chi connectivity index (χ3v) is 2.42. The van der Waals surface area contributed by atoms with E-state index in [-0.39, 0.29) is 6.10 Å². The number of hydrogen-bond acceptors (Lipinski definition) is 4. The lowest BCUT2D eigenvalue weighted by Crippen LogP contribution is -2.15. The van der Waals surface area contributed by atoms with Gasteiger partial charge >= 0.3 is 0 Å². The number of nitrogens with one attached hydrogen (secondary N) is 1. The van der Waals surface area contributed by atoms with E-state index in [1.807, 2.05) is 12.1 Å². The molecule has 4 nitrogen and oxygen atoms in total. The molecule has 0 aliphatic heterocycles. The molecule has 84 valence electrons. The SMILES string of the molecule is CC(C)C(C)OCc1cc(NN)ccn1. The Labute approximate surface area is 90.8 Å². The molecule has 1 unspecified atom stereocenters. The lowest BCUT2D eigenvalue weighted by Gasteiger charge is -2.16. The summed E-state index contributed by atoms with van der Waals surface area (Å²) in [5.41, 5.74) is 4.32.